The van der Waals surface area contributed by atoms with Gasteiger partial charge >= 0.3 is 6.09 Å². The number of halogens is 1. The van der Waals surface area contributed by atoms with E-state index in [0.29, 0.717) is 25.1 Å². The highest BCUT2D eigenvalue weighted by molar-refractivity contribution is 5.65. The Morgan fingerprint density at radius 1 is 1.67 bits per heavy atom. The molecule has 0 radical (unpaired) electrons. The van der Waals surface area contributed by atoms with Gasteiger partial charge in [0.15, 0.2) is 11.6 Å². The lowest BCUT2D eigenvalue weighted by Gasteiger charge is -2.15. The van der Waals surface area contributed by atoms with Crippen LogP contribution in [0.4, 0.5) is 15.0 Å². The summed E-state index contributed by atoms with van der Waals surface area (Å²) in [6.07, 6.45) is 1.04. The molecule has 1 aromatic rings. The van der Waals surface area contributed by atoms with Gasteiger partial charge in [0.1, 0.15) is 0 Å². The van der Waals surface area contributed by atoms with Gasteiger partial charge in [-0.3, -0.25) is 0 Å². The summed E-state index contributed by atoms with van der Waals surface area (Å²) in [7, 11) is 0. The van der Waals surface area contributed by atoms with E-state index in [2.05, 4.69) is 10.3 Å². The first kappa shape index (κ1) is 12.6. The van der Waals surface area contributed by atoms with E-state index in [1.165, 1.54) is 17.2 Å². The molecule has 1 amide bonds. The van der Waals surface area contributed by atoms with E-state index >= 15 is 0 Å². The molecule has 1 aliphatic heterocycles. The fourth-order valence-electron chi connectivity index (χ4n) is 1.92. The number of nitrogens with zero attached hydrogens (tertiary/aromatic N) is 2. The van der Waals surface area contributed by atoms with Gasteiger partial charge in [0.25, 0.3) is 0 Å². The monoisotopic (exact) mass is 255 g/mol. The summed E-state index contributed by atoms with van der Waals surface area (Å²) in [6.45, 7) is 0.488. The summed E-state index contributed by atoms with van der Waals surface area (Å²) in [5.41, 5.74) is 0.400. The fourth-order valence-corrected chi connectivity index (χ4v) is 1.92. The van der Waals surface area contributed by atoms with Crippen molar-refractivity contribution in [3.05, 3.63) is 23.6 Å². The molecule has 0 bridgehead atoms. The zero-order chi connectivity index (χ0) is 13.1. The van der Waals surface area contributed by atoms with Crippen LogP contribution in [0.25, 0.3) is 0 Å². The van der Waals surface area contributed by atoms with Crippen LogP contribution in [-0.4, -0.2) is 45.3 Å². The van der Waals surface area contributed by atoms with Gasteiger partial charge in [0.05, 0.1) is 6.61 Å². The van der Waals surface area contributed by atoms with Crippen LogP contribution < -0.4 is 5.32 Å². The molecule has 0 aliphatic carbocycles. The van der Waals surface area contributed by atoms with Crippen LogP contribution in [-0.2, 0) is 6.61 Å². The van der Waals surface area contributed by atoms with Crippen LogP contribution in [0.3, 0.4) is 0 Å². The minimum Gasteiger partial charge on any atom is -0.465 e. The number of rotatable bonds is 3. The molecule has 7 heteroatoms. The summed E-state index contributed by atoms with van der Waals surface area (Å²) < 4.78 is 13.6. The van der Waals surface area contributed by atoms with E-state index < -0.39 is 11.9 Å². The largest absolute Gasteiger partial charge is 0.465 e. The number of nitrogens with one attached hydrogen (secondary N) is 1. The molecule has 1 atom stereocenters. The van der Waals surface area contributed by atoms with Gasteiger partial charge in [-0.25, -0.2) is 14.2 Å². The van der Waals surface area contributed by atoms with Crippen LogP contribution >= 0.6 is 0 Å². The van der Waals surface area contributed by atoms with Crippen molar-refractivity contribution in [1.82, 2.24) is 9.88 Å². The highest BCUT2D eigenvalue weighted by Gasteiger charge is 2.26. The van der Waals surface area contributed by atoms with Gasteiger partial charge in [0.2, 0.25) is 0 Å². The van der Waals surface area contributed by atoms with Crippen LogP contribution in [0, 0.1) is 5.82 Å². The third-order valence-corrected chi connectivity index (χ3v) is 2.88. The number of aromatic nitrogens is 1. The SMILES string of the molecule is O=C(O)N1CC[C@@H](Nc2ncc(CO)cc2F)C1. The molecule has 2 rings (SSSR count). The fraction of sp³-hybridized carbons (Fsp3) is 0.455. The van der Waals surface area contributed by atoms with Crippen molar-refractivity contribution in [2.75, 3.05) is 18.4 Å². The number of amides is 1. The molecule has 1 fully saturated rings. The van der Waals surface area contributed by atoms with Gasteiger partial charge in [-0.2, -0.15) is 0 Å². The Morgan fingerprint density at radius 2 is 2.44 bits per heavy atom. The molecule has 98 valence electrons. The topological polar surface area (TPSA) is 85.7 Å². The van der Waals surface area contributed by atoms with Crippen molar-refractivity contribution in [2.24, 2.45) is 0 Å². The Morgan fingerprint density at radius 3 is 3.00 bits per heavy atom. The number of aliphatic hydroxyl groups is 1. The Hall–Kier alpha value is -1.89. The van der Waals surface area contributed by atoms with Crippen molar-refractivity contribution in [3.8, 4) is 0 Å². The second kappa shape index (κ2) is 5.18. The lowest BCUT2D eigenvalue weighted by atomic mass is 10.2. The first-order valence-corrected chi connectivity index (χ1v) is 5.60. The van der Waals surface area contributed by atoms with E-state index in [4.69, 9.17) is 10.2 Å². The van der Waals surface area contributed by atoms with E-state index in [0.717, 1.165) is 0 Å². The third kappa shape index (κ3) is 2.67. The summed E-state index contributed by atoms with van der Waals surface area (Å²) >= 11 is 0. The highest BCUT2D eigenvalue weighted by atomic mass is 19.1. The number of aliphatic hydroxyl groups excluding tert-OH is 1. The number of hydrogen-bond acceptors (Lipinski definition) is 4. The zero-order valence-electron chi connectivity index (χ0n) is 9.64. The zero-order valence-corrected chi connectivity index (χ0v) is 9.64. The average molecular weight is 255 g/mol. The first-order chi connectivity index (χ1) is 8.60. The number of carbonyl (C=O) groups is 1. The van der Waals surface area contributed by atoms with Crippen molar-refractivity contribution >= 4 is 11.9 Å². The first-order valence-electron chi connectivity index (χ1n) is 5.60. The Kier molecular flexibility index (Phi) is 3.61. The molecule has 1 aromatic heterocycles. The van der Waals surface area contributed by atoms with Gasteiger partial charge in [-0.1, -0.05) is 0 Å². The number of hydrogen-bond donors (Lipinski definition) is 3. The third-order valence-electron chi connectivity index (χ3n) is 2.88. The number of carboxylic acid groups (broad SMARTS) is 1. The molecule has 0 saturated carbocycles. The van der Waals surface area contributed by atoms with Crippen molar-refractivity contribution in [3.63, 3.8) is 0 Å². The molecule has 1 aliphatic rings. The Bertz CT molecular complexity index is 455. The molecular formula is C11H14FN3O3. The van der Waals surface area contributed by atoms with E-state index in [1.54, 1.807) is 0 Å². The predicted octanol–water partition coefficient (Wildman–Crippen LogP) is 0.877. The van der Waals surface area contributed by atoms with E-state index in [-0.39, 0.29) is 18.5 Å². The summed E-state index contributed by atoms with van der Waals surface area (Å²) in [4.78, 5) is 15.9. The van der Waals surface area contributed by atoms with E-state index in [1.807, 2.05) is 0 Å². The molecule has 6 nitrogen and oxygen atoms in total. The standard InChI is InChI=1S/C11H14FN3O3/c12-9-3-7(6-16)4-13-10(9)14-8-1-2-15(5-8)11(17)18/h3-4,8,16H,1-2,5-6H2,(H,13,14)(H,17,18)/t8-/m1/s1. The van der Waals surface area contributed by atoms with Crippen LogP contribution in [0.15, 0.2) is 12.3 Å². The molecule has 0 spiro atoms. The number of anilines is 1. The normalized spacial score (nSPS) is 19.0. The predicted molar refractivity (Wildman–Crippen MR) is 61.7 cm³/mol. The summed E-state index contributed by atoms with van der Waals surface area (Å²) in [5.74, 6) is -0.459. The molecule has 2 heterocycles. The lowest BCUT2D eigenvalue weighted by Crippen LogP contribution is -2.30. The summed E-state index contributed by atoms with van der Waals surface area (Å²) in [5, 5.41) is 20.5. The van der Waals surface area contributed by atoms with Crippen molar-refractivity contribution in [2.45, 2.75) is 19.1 Å². The molecule has 18 heavy (non-hydrogen) atoms. The molecule has 1 saturated heterocycles. The number of pyridine rings is 1. The average Bonchev–Trinajstić information content (AvgIpc) is 2.80. The van der Waals surface area contributed by atoms with Crippen molar-refractivity contribution < 1.29 is 19.4 Å². The van der Waals surface area contributed by atoms with Crippen LogP contribution in [0.2, 0.25) is 0 Å². The summed E-state index contributed by atoms with van der Waals surface area (Å²) in [6, 6.07) is 1.07. The van der Waals surface area contributed by atoms with Crippen molar-refractivity contribution in [1.29, 1.82) is 0 Å². The second-order valence-corrected chi connectivity index (χ2v) is 4.19. The molecule has 3 N–H and O–H groups in total. The minimum atomic E-state index is -0.969. The Labute approximate surface area is 103 Å². The maximum Gasteiger partial charge on any atom is 0.407 e. The maximum atomic E-state index is 13.6. The maximum absolute atomic E-state index is 13.6. The highest BCUT2D eigenvalue weighted by Crippen LogP contribution is 2.17. The van der Waals surface area contributed by atoms with Gasteiger partial charge in [-0.15, -0.1) is 0 Å². The molecular weight excluding hydrogens is 241 g/mol. The Balaban J connectivity index is 2.00. The minimum absolute atomic E-state index is 0.0874. The van der Waals surface area contributed by atoms with Crippen LogP contribution in [0.5, 0.6) is 0 Å². The molecule has 0 unspecified atom stereocenters. The lowest BCUT2D eigenvalue weighted by molar-refractivity contribution is 0.155. The quantitative estimate of drug-likeness (QED) is 0.746. The van der Waals surface area contributed by atoms with Gasteiger partial charge in [-0.05, 0) is 18.1 Å². The molecule has 0 aromatic carbocycles. The van der Waals surface area contributed by atoms with E-state index in [9.17, 15) is 9.18 Å². The second-order valence-electron chi connectivity index (χ2n) is 4.19. The number of likely N-dealkylation sites (tertiary alicyclic amines) is 1. The smallest absolute Gasteiger partial charge is 0.407 e. The van der Waals surface area contributed by atoms with Gasteiger partial charge < -0.3 is 20.4 Å². The van der Waals surface area contributed by atoms with Gasteiger partial charge in [0, 0.05) is 25.3 Å². The van der Waals surface area contributed by atoms with Crippen LogP contribution in [0.1, 0.15) is 12.0 Å².